The van der Waals surface area contributed by atoms with Crippen LogP contribution in [0.5, 0.6) is 0 Å². The monoisotopic (exact) mass is 283 g/mol. The standard InChI is InChI=1S/C16H17N3O2/c1-10-14(11(2)21-18-10)9-19(3)16(20)13-6-4-5-12-7-8-17-15(12)13/h4-8,17H,9H2,1-3H3. The number of hydrogen-bond donors (Lipinski definition) is 1. The normalized spacial score (nSPS) is 11.0. The van der Waals surface area contributed by atoms with Crippen molar-refractivity contribution in [2.75, 3.05) is 7.05 Å². The molecule has 0 aliphatic rings. The molecule has 0 aliphatic carbocycles. The van der Waals surface area contributed by atoms with E-state index in [1.54, 1.807) is 11.9 Å². The maximum Gasteiger partial charge on any atom is 0.256 e. The van der Waals surface area contributed by atoms with Crippen LogP contribution < -0.4 is 0 Å². The number of para-hydroxylation sites is 1. The Kier molecular flexibility index (Phi) is 3.25. The fourth-order valence-electron chi connectivity index (χ4n) is 2.51. The molecular weight excluding hydrogens is 266 g/mol. The van der Waals surface area contributed by atoms with Gasteiger partial charge in [-0.1, -0.05) is 17.3 Å². The second-order valence-corrected chi connectivity index (χ2v) is 5.21. The van der Waals surface area contributed by atoms with Gasteiger partial charge in [-0.3, -0.25) is 4.79 Å². The SMILES string of the molecule is Cc1noc(C)c1CN(C)C(=O)c1cccc2cc[nH]c12. The summed E-state index contributed by atoms with van der Waals surface area (Å²) < 4.78 is 5.15. The molecule has 0 unspecified atom stereocenters. The number of H-pyrrole nitrogens is 1. The van der Waals surface area contributed by atoms with Gasteiger partial charge in [0.2, 0.25) is 0 Å². The third-order valence-corrected chi connectivity index (χ3v) is 3.74. The number of amides is 1. The molecule has 3 rings (SSSR count). The van der Waals surface area contributed by atoms with Crippen molar-refractivity contribution in [2.24, 2.45) is 0 Å². The van der Waals surface area contributed by atoms with E-state index in [4.69, 9.17) is 4.52 Å². The number of nitrogens with one attached hydrogen (secondary N) is 1. The van der Waals surface area contributed by atoms with Gasteiger partial charge in [0, 0.05) is 24.2 Å². The summed E-state index contributed by atoms with van der Waals surface area (Å²) >= 11 is 0. The van der Waals surface area contributed by atoms with Crippen LogP contribution in [-0.4, -0.2) is 28.0 Å². The van der Waals surface area contributed by atoms with Crippen molar-refractivity contribution in [1.29, 1.82) is 0 Å². The Labute approximate surface area is 122 Å². The zero-order valence-electron chi connectivity index (χ0n) is 12.3. The van der Waals surface area contributed by atoms with E-state index in [0.29, 0.717) is 12.1 Å². The second-order valence-electron chi connectivity index (χ2n) is 5.21. The van der Waals surface area contributed by atoms with Crippen molar-refractivity contribution < 1.29 is 9.32 Å². The van der Waals surface area contributed by atoms with Gasteiger partial charge < -0.3 is 14.4 Å². The van der Waals surface area contributed by atoms with Gasteiger partial charge >= 0.3 is 0 Å². The number of nitrogens with zero attached hydrogens (tertiary/aromatic N) is 2. The number of aromatic amines is 1. The molecule has 0 saturated carbocycles. The van der Waals surface area contributed by atoms with Crippen LogP contribution in [0.15, 0.2) is 35.0 Å². The molecule has 5 nitrogen and oxygen atoms in total. The number of aryl methyl sites for hydroxylation is 2. The minimum absolute atomic E-state index is 0.0250. The van der Waals surface area contributed by atoms with Crippen molar-refractivity contribution in [3.8, 4) is 0 Å². The van der Waals surface area contributed by atoms with Crippen LogP contribution in [0.3, 0.4) is 0 Å². The summed E-state index contributed by atoms with van der Waals surface area (Å²) in [6, 6.07) is 7.68. The first-order valence-corrected chi connectivity index (χ1v) is 6.81. The number of carbonyl (C=O) groups is 1. The van der Waals surface area contributed by atoms with Crippen LogP contribution >= 0.6 is 0 Å². The van der Waals surface area contributed by atoms with E-state index in [1.807, 2.05) is 44.3 Å². The van der Waals surface area contributed by atoms with Crippen LogP contribution in [-0.2, 0) is 6.54 Å². The van der Waals surface area contributed by atoms with E-state index in [9.17, 15) is 4.79 Å². The largest absolute Gasteiger partial charge is 0.361 e. The fraction of sp³-hybridized carbons (Fsp3) is 0.250. The zero-order chi connectivity index (χ0) is 15.0. The molecule has 0 atom stereocenters. The van der Waals surface area contributed by atoms with Crippen LogP contribution in [0.4, 0.5) is 0 Å². The lowest BCUT2D eigenvalue weighted by Gasteiger charge is -2.17. The lowest BCUT2D eigenvalue weighted by atomic mass is 10.1. The van der Waals surface area contributed by atoms with Gasteiger partial charge in [0.15, 0.2) is 0 Å². The van der Waals surface area contributed by atoms with E-state index in [-0.39, 0.29) is 5.91 Å². The Morgan fingerprint density at radius 3 is 2.86 bits per heavy atom. The molecule has 1 aromatic carbocycles. The topological polar surface area (TPSA) is 62.1 Å². The molecule has 2 aromatic heterocycles. The Morgan fingerprint density at radius 1 is 1.33 bits per heavy atom. The highest BCUT2D eigenvalue weighted by atomic mass is 16.5. The summed E-state index contributed by atoms with van der Waals surface area (Å²) in [4.78, 5) is 17.5. The summed E-state index contributed by atoms with van der Waals surface area (Å²) in [5.74, 6) is 0.730. The highest BCUT2D eigenvalue weighted by molar-refractivity contribution is 6.05. The van der Waals surface area contributed by atoms with E-state index in [2.05, 4.69) is 10.1 Å². The van der Waals surface area contributed by atoms with E-state index in [0.717, 1.165) is 27.9 Å². The number of hydrogen-bond acceptors (Lipinski definition) is 3. The van der Waals surface area contributed by atoms with E-state index >= 15 is 0 Å². The Morgan fingerprint density at radius 2 is 2.14 bits per heavy atom. The molecule has 21 heavy (non-hydrogen) atoms. The van der Waals surface area contributed by atoms with Crippen molar-refractivity contribution >= 4 is 16.8 Å². The van der Waals surface area contributed by atoms with Crippen LogP contribution in [0.2, 0.25) is 0 Å². The van der Waals surface area contributed by atoms with Gasteiger partial charge in [0.05, 0.1) is 23.3 Å². The number of rotatable bonds is 3. The number of fused-ring (bicyclic) bond motifs is 1. The molecule has 108 valence electrons. The van der Waals surface area contributed by atoms with Crippen LogP contribution in [0.25, 0.3) is 10.9 Å². The molecule has 0 radical (unpaired) electrons. The molecule has 0 spiro atoms. The summed E-state index contributed by atoms with van der Waals surface area (Å²) in [5, 5.41) is 4.96. The van der Waals surface area contributed by atoms with Crippen LogP contribution in [0, 0.1) is 13.8 Å². The highest BCUT2D eigenvalue weighted by Crippen LogP contribution is 2.20. The zero-order valence-corrected chi connectivity index (χ0v) is 12.3. The van der Waals surface area contributed by atoms with Gasteiger partial charge in [-0.05, 0) is 26.0 Å². The maximum absolute atomic E-state index is 12.7. The lowest BCUT2D eigenvalue weighted by Crippen LogP contribution is -2.26. The summed E-state index contributed by atoms with van der Waals surface area (Å²) in [7, 11) is 1.79. The molecular formula is C16H17N3O2. The molecule has 0 fully saturated rings. The van der Waals surface area contributed by atoms with Crippen molar-refractivity contribution in [3.05, 3.63) is 53.0 Å². The minimum Gasteiger partial charge on any atom is -0.361 e. The van der Waals surface area contributed by atoms with Gasteiger partial charge in [-0.2, -0.15) is 0 Å². The summed E-state index contributed by atoms with van der Waals surface area (Å²) in [5.41, 5.74) is 3.33. The van der Waals surface area contributed by atoms with Gasteiger partial charge in [0.25, 0.3) is 5.91 Å². The third-order valence-electron chi connectivity index (χ3n) is 3.74. The van der Waals surface area contributed by atoms with Crippen molar-refractivity contribution in [3.63, 3.8) is 0 Å². The van der Waals surface area contributed by atoms with E-state index < -0.39 is 0 Å². The molecule has 3 aromatic rings. The molecule has 1 amide bonds. The first kappa shape index (κ1) is 13.4. The Bertz CT molecular complexity index is 781. The molecule has 5 heteroatoms. The smallest absolute Gasteiger partial charge is 0.256 e. The fourth-order valence-corrected chi connectivity index (χ4v) is 2.51. The number of carbonyl (C=O) groups excluding carboxylic acids is 1. The first-order chi connectivity index (χ1) is 10.1. The summed E-state index contributed by atoms with van der Waals surface area (Å²) in [6.07, 6.45) is 1.84. The van der Waals surface area contributed by atoms with Gasteiger partial charge in [0.1, 0.15) is 5.76 Å². The molecule has 0 saturated heterocycles. The maximum atomic E-state index is 12.7. The number of benzene rings is 1. The van der Waals surface area contributed by atoms with Gasteiger partial charge in [-0.25, -0.2) is 0 Å². The van der Waals surface area contributed by atoms with Crippen molar-refractivity contribution in [2.45, 2.75) is 20.4 Å². The predicted octanol–water partition coefficient (Wildman–Crippen LogP) is 3.04. The second kappa shape index (κ2) is 5.09. The van der Waals surface area contributed by atoms with E-state index in [1.165, 1.54) is 0 Å². The Hall–Kier alpha value is -2.56. The summed E-state index contributed by atoms with van der Waals surface area (Å²) in [6.45, 7) is 4.23. The van der Waals surface area contributed by atoms with Gasteiger partial charge in [-0.15, -0.1) is 0 Å². The third kappa shape index (κ3) is 2.31. The highest BCUT2D eigenvalue weighted by Gasteiger charge is 2.18. The molecule has 1 N–H and O–H groups in total. The first-order valence-electron chi connectivity index (χ1n) is 6.81. The minimum atomic E-state index is -0.0250. The van der Waals surface area contributed by atoms with Crippen molar-refractivity contribution in [1.82, 2.24) is 15.0 Å². The van der Waals surface area contributed by atoms with Crippen LogP contribution in [0.1, 0.15) is 27.4 Å². The molecule has 0 bridgehead atoms. The lowest BCUT2D eigenvalue weighted by molar-refractivity contribution is 0.0786. The quantitative estimate of drug-likeness (QED) is 0.803. The predicted molar refractivity (Wildman–Crippen MR) is 80.1 cm³/mol. The average Bonchev–Trinajstić information content (AvgIpc) is 3.07. The molecule has 2 heterocycles. The average molecular weight is 283 g/mol. The Balaban J connectivity index is 1.90. The number of aromatic nitrogens is 2. The molecule has 0 aliphatic heterocycles.